The van der Waals surface area contributed by atoms with Gasteiger partial charge in [-0.05, 0) is 30.0 Å². The number of hydrogen-bond acceptors (Lipinski definition) is 5. The van der Waals surface area contributed by atoms with E-state index in [1.54, 1.807) is 0 Å². The van der Waals surface area contributed by atoms with Gasteiger partial charge in [0.2, 0.25) is 0 Å². The lowest BCUT2D eigenvalue weighted by Crippen LogP contribution is -2.41. The molecular weight excluding hydrogens is 364 g/mol. The summed E-state index contributed by atoms with van der Waals surface area (Å²) in [5, 5.41) is 0. The number of amides is 1. The highest BCUT2D eigenvalue weighted by Crippen LogP contribution is 2.29. The van der Waals surface area contributed by atoms with Crippen molar-refractivity contribution in [3.63, 3.8) is 0 Å². The van der Waals surface area contributed by atoms with Gasteiger partial charge in [-0.25, -0.2) is 9.97 Å². The number of fused-ring (bicyclic) bond motifs is 1. The fourth-order valence-corrected chi connectivity index (χ4v) is 4.02. The number of aromatic nitrogens is 2. The zero-order valence-electron chi connectivity index (χ0n) is 17.9. The first-order chi connectivity index (χ1) is 13.8. The fraction of sp³-hybridized carbons (Fsp3) is 0.522. The van der Waals surface area contributed by atoms with Crippen molar-refractivity contribution < 1.29 is 9.53 Å². The van der Waals surface area contributed by atoms with Crippen LogP contribution in [0.3, 0.4) is 0 Å². The van der Waals surface area contributed by atoms with Gasteiger partial charge in [0.25, 0.3) is 5.91 Å². The number of carbonyl (C=O) groups excluding carboxylic acids is 1. The molecule has 0 aliphatic carbocycles. The average Bonchev–Trinajstić information content (AvgIpc) is 2.72. The second-order valence-electron chi connectivity index (χ2n) is 8.92. The first kappa shape index (κ1) is 19.8. The van der Waals surface area contributed by atoms with Crippen molar-refractivity contribution in [3.05, 3.63) is 52.5 Å². The monoisotopic (exact) mass is 394 g/mol. The Balaban J connectivity index is 1.58. The average molecular weight is 395 g/mol. The lowest BCUT2D eigenvalue weighted by molar-refractivity contribution is 0.0732. The summed E-state index contributed by atoms with van der Waals surface area (Å²) in [4.78, 5) is 26.8. The number of hydrogen-bond donors (Lipinski definition) is 0. The van der Waals surface area contributed by atoms with Crippen molar-refractivity contribution in [1.82, 2.24) is 14.9 Å². The Bertz CT molecular complexity index is 896. The molecule has 29 heavy (non-hydrogen) atoms. The molecule has 0 bridgehead atoms. The molecule has 2 aliphatic heterocycles. The third-order valence-corrected chi connectivity index (χ3v) is 5.75. The van der Waals surface area contributed by atoms with Crippen molar-refractivity contribution in [3.8, 4) is 0 Å². The summed E-state index contributed by atoms with van der Waals surface area (Å²) in [6.07, 6.45) is 0.766. The minimum absolute atomic E-state index is 0.0737. The van der Waals surface area contributed by atoms with E-state index in [9.17, 15) is 4.79 Å². The number of anilines is 1. The van der Waals surface area contributed by atoms with Crippen LogP contribution in [-0.4, -0.2) is 53.6 Å². The van der Waals surface area contributed by atoms with Crippen molar-refractivity contribution >= 4 is 11.7 Å². The Labute approximate surface area is 172 Å². The van der Waals surface area contributed by atoms with Gasteiger partial charge in [-0.1, -0.05) is 32.9 Å². The Morgan fingerprint density at radius 2 is 1.72 bits per heavy atom. The summed E-state index contributed by atoms with van der Waals surface area (Å²) in [6, 6.07) is 8.04. The molecule has 1 fully saturated rings. The van der Waals surface area contributed by atoms with Crippen molar-refractivity contribution in [2.45, 2.75) is 46.1 Å². The summed E-state index contributed by atoms with van der Waals surface area (Å²) < 4.78 is 5.50. The minimum atomic E-state index is 0.0737. The summed E-state index contributed by atoms with van der Waals surface area (Å²) >= 11 is 0. The van der Waals surface area contributed by atoms with E-state index in [0.717, 1.165) is 48.0 Å². The molecule has 2 aromatic rings. The van der Waals surface area contributed by atoms with E-state index >= 15 is 0 Å². The van der Waals surface area contributed by atoms with Crippen LogP contribution in [-0.2, 0) is 23.1 Å². The largest absolute Gasteiger partial charge is 0.378 e. The van der Waals surface area contributed by atoms with Crippen LogP contribution in [0.25, 0.3) is 0 Å². The second-order valence-corrected chi connectivity index (χ2v) is 8.92. The van der Waals surface area contributed by atoms with Gasteiger partial charge in [0.05, 0.1) is 25.5 Å². The molecular formula is C23H30N4O2. The molecule has 6 heteroatoms. The van der Waals surface area contributed by atoms with Crippen LogP contribution in [0, 0.1) is 6.92 Å². The quantitative estimate of drug-likeness (QED) is 0.783. The first-order valence-corrected chi connectivity index (χ1v) is 10.4. The highest BCUT2D eigenvalue weighted by molar-refractivity contribution is 5.94. The summed E-state index contributed by atoms with van der Waals surface area (Å²) in [6.45, 7) is 12.8. The van der Waals surface area contributed by atoms with Gasteiger partial charge in [-0.15, -0.1) is 0 Å². The van der Waals surface area contributed by atoms with Crippen LogP contribution in [0.15, 0.2) is 24.3 Å². The van der Waals surface area contributed by atoms with Crippen LogP contribution >= 0.6 is 0 Å². The maximum atomic E-state index is 13.2. The van der Waals surface area contributed by atoms with Gasteiger partial charge in [-0.3, -0.25) is 4.79 Å². The van der Waals surface area contributed by atoms with Gasteiger partial charge in [0.1, 0.15) is 11.6 Å². The molecule has 1 saturated heterocycles. The van der Waals surface area contributed by atoms with Crippen LogP contribution < -0.4 is 4.90 Å². The van der Waals surface area contributed by atoms with Crippen LogP contribution in [0.1, 0.15) is 53.8 Å². The fourth-order valence-electron chi connectivity index (χ4n) is 4.02. The molecule has 1 aromatic carbocycles. The molecule has 6 nitrogen and oxygen atoms in total. The van der Waals surface area contributed by atoms with E-state index in [2.05, 4.69) is 42.8 Å². The molecule has 154 valence electrons. The van der Waals surface area contributed by atoms with E-state index in [4.69, 9.17) is 9.72 Å². The Morgan fingerprint density at radius 1 is 1.03 bits per heavy atom. The van der Waals surface area contributed by atoms with E-state index in [1.807, 2.05) is 24.0 Å². The van der Waals surface area contributed by atoms with Crippen LogP contribution in [0.2, 0.25) is 0 Å². The highest BCUT2D eigenvalue weighted by atomic mass is 16.5. The Hall–Kier alpha value is -2.47. The predicted octanol–water partition coefficient (Wildman–Crippen LogP) is 3.12. The van der Waals surface area contributed by atoms with Crippen LogP contribution in [0.5, 0.6) is 0 Å². The van der Waals surface area contributed by atoms with E-state index in [0.29, 0.717) is 26.3 Å². The minimum Gasteiger partial charge on any atom is -0.378 e. The molecule has 0 unspecified atom stereocenters. The summed E-state index contributed by atoms with van der Waals surface area (Å²) in [7, 11) is 0. The van der Waals surface area contributed by atoms with Crippen molar-refractivity contribution in [2.24, 2.45) is 0 Å². The lowest BCUT2D eigenvalue weighted by atomic mass is 9.86. The number of rotatable bonds is 2. The molecule has 0 atom stereocenters. The van der Waals surface area contributed by atoms with Crippen molar-refractivity contribution in [2.75, 3.05) is 37.7 Å². The van der Waals surface area contributed by atoms with Gasteiger partial charge in [-0.2, -0.15) is 0 Å². The lowest BCUT2D eigenvalue weighted by Gasteiger charge is -2.34. The summed E-state index contributed by atoms with van der Waals surface area (Å²) in [5.74, 6) is 1.84. The Morgan fingerprint density at radius 3 is 2.38 bits per heavy atom. The van der Waals surface area contributed by atoms with Crippen LogP contribution in [0.4, 0.5) is 5.82 Å². The first-order valence-electron chi connectivity index (χ1n) is 10.4. The second kappa shape index (κ2) is 7.75. The third-order valence-electron chi connectivity index (χ3n) is 5.75. The number of benzene rings is 1. The van der Waals surface area contributed by atoms with E-state index in [1.165, 1.54) is 5.56 Å². The van der Waals surface area contributed by atoms with E-state index in [-0.39, 0.29) is 11.3 Å². The van der Waals surface area contributed by atoms with E-state index < -0.39 is 0 Å². The maximum Gasteiger partial charge on any atom is 0.254 e. The SMILES string of the molecule is Cc1nc2c(c(N3CCOCC3)n1)CN(C(=O)c1ccc(C(C)(C)C)cc1)CC2. The molecule has 0 N–H and O–H groups in total. The topological polar surface area (TPSA) is 58.6 Å². The predicted molar refractivity (Wildman–Crippen MR) is 113 cm³/mol. The smallest absolute Gasteiger partial charge is 0.254 e. The molecule has 0 radical (unpaired) electrons. The molecule has 2 aliphatic rings. The molecule has 0 spiro atoms. The maximum absolute atomic E-state index is 13.2. The Kier molecular flexibility index (Phi) is 5.30. The van der Waals surface area contributed by atoms with Gasteiger partial charge < -0.3 is 14.5 Å². The molecule has 1 amide bonds. The van der Waals surface area contributed by atoms with Crippen molar-refractivity contribution in [1.29, 1.82) is 0 Å². The standard InChI is InChI=1S/C23H30N4O2/c1-16-24-20-9-10-27(15-19(20)21(25-16)26-11-13-29-14-12-26)22(28)17-5-7-18(8-6-17)23(2,3)4/h5-8H,9-15H2,1-4H3. The number of nitrogens with zero attached hydrogens (tertiary/aromatic N) is 4. The number of ether oxygens (including phenoxy) is 1. The van der Waals surface area contributed by atoms with Gasteiger partial charge in [0.15, 0.2) is 0 Å². The normalized spacial score (nSPS) is 17.2. The molecule has 0 saturated carbocycles. The zero-order chi connectivity index (χ0) is 20.6. The summed E-state index contributed by atoms with van der Waals surface area (Å²) in [5.41, 5.74) is 4.21. The number of morpholine rings is 1. The third kappa shape index (κ3) is 4.13. The number of carbonyl (C=O) groups is 1. The zero-order valence-corrected chi connectivity index (χ0v) is 17.9. The number of aryl methyl sites for hydroxylation is 1. The molecule has 3 heterocycles. The van der Waals surface area contributed by atoms with Gasteiger partial charge in [0, 0.05) is 37.2 Å². The molecule has 1 aromatic heterocycles. The molecule has 4 rings (SSSR count). The highest BCUT2D eigenvalue weighted by Gasteiger charge is 2.28. The van der Waals surface area contributed by atoms with Gasteiger partial charge >= 0.3 is 0 Å².